The van der Waals surface area contributed by atoms with E-state index in [1.807, 2.05) is 39.7 Å². The van der Waals surface area contributed by atoms with E-state index < -0.39 is 0 Å². The third-order valence-electron chi connectivity index (χ3n) is 5.60. The van der Waals surface area contributed by atoms with Gasteiger partial charge >= 0.3 is 6.03 Å². The first-order valence-corrected chi connectivity index (χ1v) is 10.6. The van der Waals surface area contributed by atoms with Gasteiger partial charge in [0, 0.05) is 36.6 Å². The van der Waals surface area contributed by atoms with E-state index in [-0.39, 0.29) is 6.03 Å². The van der Waals surface area contributed by atoms with Crippen molar-refractivity contribution in [1.82, 2.24) is 24.5 Å². The minimum atomic E-state index is -0.0977. The van der Waals surface area contributed by atoms with Crippen molar-refractivity contribution >= 4 is 17.5 Å². The van der Waals surface area contributed by atoms with E-state index in [0.29, 0.717) is 5.82 Å². The van der Waals surface area contributed by atoms with Crippen LogP contribution in [0, 0.1) is 6.92 Å². The Bertz CT molecular complexity index is 1240. The lowest BCUT2D eigenvalue weighted by atomic mass is 10.0. The van der Waals surface area contributed by atoms with Crippen LogP contribution in [0.2, 0.25) is 0 Å². The lowest BCUT2D eigenvalue weighted by molar-refractivity contribution is 0.200. The number of carbonyl (C=O) groups is 1. The maximum absolute atomic E-state index is 12.6. The summed E-state index contributed by atoms with van der Waals surface area (Å²) in [7, 11) is 0. The Hall–Kier alpha value is -3.74. The molecule has 7 heteroatoms. The molecule has 1 aromatic carbocycles. The largest absolute Gasteiger partial charge is 0.325 e. The number of imidazole rings is 1. The number of amides is 2. The zero-order chi connectivity index (χ0) is 21.2. The minimum absolute atomic E-state index is 0.0977. The Kier molecular flexibility index (Phi) is 5.08. The van der Waals surface area contributed by atoms with Crippen molar-refractivity contribution in [2.24, 2.45) is 0 Å². The maximum atomic E-state index is 12.6. The van der Waals surface area contributed by atoms with Crippen LogP contribution in [0.3, 0.4) is 0 Å². The molecule has 0 bridgehead atoms. The first-order chi connectivity index (χ1) is 15.2. The average Bonchev–Trinajstić information content (AvgIpc) is 3.19. The summed E-state index contributed by atoms with van der Waals surface area (Å²) in [5.74, 6) is 0.522. The van der Waals surface area contributed by atoms with Crippen LogP contribution in [0.4, 0.5) is 10.6 Å². The fraction of sp³-hybridized carbons (Fsp3) is 0.250. The number of aromatic nitrogens is 4. The van der Waals surface area contributed by atoms with Crippen LogP contribution in [-0.2, 0) is 0 Å². The van der Waals surface area contributed by atoms with Crippen molar-refractivity contribution in [3.8, 4) is 22.5 Å². The van der Waals surface area contributed by atoms with Crippen molar-refractivity contribution in [3.63, 3.8) is 0 Å². The Morgan fingerprint density at radius 2 is 1.84 bits per heavy atom. The summed E-state index contributed by atoms with van der Waals surface area (Å²) >= 11 is 0. The molecule has 156 valence electrons. The molecule has 1 aliphatic rings. The van der Waals surface area contributed by atoms with Gasteiger partial charge < -0.3 is 4.90 Å². The van der Waals surface area contributed by atoms with Crippen molar-refractivity contribution in [1.29, 1.82) is 0 Å². The Balaban J connectivity index is 1.55. The van der Waals surface area contributed by atoms with Gasteiger partial charge in [0.2, 0.25) is 0 Å². The molecule has 0 atom stereocenters. The molecule has 0 radical (unpaired) electrons. The summed E-state index contributed by atoms with van der Waals surface area (Å²) in [5.41, 5.74) is 5.57. The topological polar surface area (TPSA) is 75.4 Å². The molecular formula is C24H24N6O. The van der Waals surface area contributed by atoms with Gasteiger partial charge in [-0.05, 0) is 56.5 Å². The second kappa shape index (κ2) is 8.18. The molecule has 3 aromatic heterocycles. The number of fused-ring (bicyclic) bond motifs is 1. The number of hydrogen-bond donors (Lipinski definition) is 1. The zero-order valence-electron chi connectivity index (χ0n) is 17.5. The molecule has 1 fully saturated rings. The van der Waals surface area contributed by atoms with Crippen LogP contribution < -0.4 is 5.32 Å². The molecule has 31 heavy (non-hydrogen) atoms. The van der Waals surface area contributed by atoms with E-state index in [2.05, 4.69) is 40.5 Å². The average molecular weight is 412 g/mol. The number of benzene rings is 1. The third-order valence-corrected chi connectivity index (χ3v) is 5.60. The molecule has 1 saturated heterocycles. The first-order valence-electron chi connectivity index (χ1n) is 10.6. The van der Waals surface area contributed by atoms with Gasteiger partial charge in [-0.1, -0.05) is 23.8 Å². The summed E-state index contributed by atoms with van der Waals surface area (Å²) in [6.07, 6.45) is 6.74. The molecule has 4 heterocycles. The van der Waals surface area contributed by atoms with Crippen LogP contribution in [0.25, 0.3) is 28.2 Å². The van der Waals surface area contributed by atoms with Gasteiger partial charge in [0.25, 0.3) is 0 Å². The van der Waals surface area contributed by atoms with E-state index >= 15 is 0 Å². The summed E-state index contributed by atoms with van der Waals surface area (Å²) in [6.45, 7) is 3.65. The summed E-state index contributed by atoms with van der Waals surface area (Å²) < 4.78 is 1.84. The molecule has 0 saturated carbocycles. The second-order valence-corrected chi connectivity index (χ2v) is 7.88. The zero-order valence-corrected chi connectivity index (χ0v) is 17.5. The number of rotatable bonds is 3. The minimum Gasteiger partial charge on any atom is -0.325 e. The Morgan fingerprint density at radius 1 is 0.968 bits per heavy atom. The second-order valence-electron chi connectivity index (χ2n) is 7.88. The predicted octanol–water partition coefficient (Wildman–Crippen LogP) is 4.78. The third kappa shape index (κ3) is 3.86. The van der Waals surface area contributed by atoms with Gasteiger partial charge in [0.05, 0.1) is 5.69 Å². The number of carbonyl (C=O) groups excluding carboxylic acids is 1. The van der Waals surface area contributed by atoms with E-state index in [1.165, 1.54) is 6.42 Å². The fourth-order valence-electron chi connectivity index (χ4n) is 4.07. The monoisotopic (exact) mass is 412 g/mol. The number of anilines is 1. The van der Waals surface area contributed by atoms with Crippen molar-refractivity contribution in [3.05, 3.63) is 66.5 Å². The smallest absolute Gasteiger partial charge is 0.323 e. The maximum Gasteiger partial charge on any atom is 0.323 e. The Morgan fingerprint density at radius 3 is 2.68 bits per heavy atom. The molecule has 4 aromatic rings. The number of aryl methyl sites for hydroxylation is 1. The molecule has 0 aliphatic carbocycles. The van der Waals surface area contributed by atoms with Crippen LogP contribution in [0.15, 0.2) is 60.9 Å². The van der Waals surface area contributed by atoms with Gasteiger partial charge in [0.1, 0.15) is 11.5 Å². The van der Waals surface area contributed by atoms with Crippen molar-refractivity contribution in [2.75, 3.05) is 18.4 Å². The number of hydrogen-bond acceptors (Lipinski definition) is 4. The highest BCUT2D eigenvalue weighted by atomic mass is 16.2. The van der Waals surface area contributed by atoms with Gasteiger partial charge in [-0.2, -0.15) is 5.10 Å². The molecule has 7 nitrogen and oxygen atoms in total. The van der Waals surface area contributed by atoms with Crippen LogP contribution in [-0.4, -0.2) is 43.6 Å². The van der Waals surface area contributed by atoms with E-state index in [4.69, 9.17) is 4.98 Å². The van der Waals surface area contributed by atoms with Crippen molar-refractivity contribution in [2.45, 2.75) is 26.2 Å². The standard InChI is InChI=1S/C24H24N6O/c1-17-7-5-8-18(15-17)22-23(30-21(28-22)9-6-11-26-30)19-10-12-25-20(16-19)27-24(31)29-13-3-2-4-14-29/h5-12,15-16H,2-4,13-14H2,1H3,(H,25,27,31). The van der Waals surface area contributed by atoms with Gasteiger partial charge in [-0.25, -0.2) is 19.3 Å². The number of nitrogens with zero attached hydrogens (tertiary/aromatic N) is 5. The lowest BCUT2D eigenvalue weighted by Crippen LogP contribution is -2.38. The van der Waals surface area contributed by atoms with E-state index in [9.17, 15) is 4.79 Å². The number of pyridine rings is 1. The SMILES string of the molecule is Cc1cccc(-c2nc3cccnn3c2-c2ccnc(NC(=O)N3CCCCC3)c2)c1. The first kappa shape index (κ1) is 19.2. The molecule has 5 rings (SSSR count). The summed E-state index contributed by atoms with van der Waals surface area (Å²) in [5, 5.41) is 7.48. The molecule has 0 spiro atoms. The molecule has 1 aliphatic heterocycles. The summed E-state index contributed by atoms with van der Waals surface area (Å²) in [4.78, 5) is 23.7. The fourth-order valence-corrected chi connectivity index (χ4v) is 4.07. The normalized spacial score (nSPS) is 14.0. The number of urea groups is 1. The molecule has 0 unspecified atom stereocenters. The van der Waals surface area contributed by atoms with E-state index in [0.717, 1.165) is 59.7 Å². The highest BCUT2D eigenvalue weighted by Crippen LogP contribution is 2.33. The quantitative estimate of drug-likeness (QED) is 0.525. The molecule has 1 N–H and O–H groups in total. The highest BCUT2D eigenvalue weighted by molar-refractivity contribution is 5.90. The van der Waals surface area contributed by atoms with Gasteiger partial charge in [0.15, 0.2) is 5.65 Å². The predicted molar refractivity (Wildman–Crippen MR) is 121 cm³/mol. The van der Waals surface area contributed by atoms with Crippen LogP contribution in [0.5, 0.6) is 0 Å². The number of likely N-dealkylation sites (tertiary alicyclic amines) is 1. The van der Waals surface area contributed by atoms with Gasteiger partial charge in [-0.15, -0.1) is 0 Å². The molecule has 2 amide bonds. The van der Waals surface area contributed by atoms with E-state index in [1.54, 1.807) is 12.4 Å². The summed E-state index contributed by atoms with van der Waals surface area (Å²) in [6, 6.07) is 15.8. The van der Waals surface area contributed by atoms with Crippen LogP contribution in [0.1, 0.15) is 24.8 Å². The highest BCUT2D eigenvalue weighted by Gasteiger charge is 2.19. The van der Waals surface area contributed by atoms with Gasteiger partial charge in [-0.3, -0.25) is 5.32 Å². The number of piperidine rings is 1. The Labute approximate surface area is 180 Å². The molecular weight excluding hydrogens is 388 g/mol. The lowest BCUT2D eigenvalue weighted by Gasteiger charge is -2.26. The number of nitrogens with one attached hydrogen (secondary N) is 1. The van der Waals surface area contributed by atoms with Crippen molar-refractivity contribution < 1.29 is 4.79 Å². The van der Waals surface area contributed by atoms with Crippen LogP contribution >= 0.6 is 0 Å².